The van der Waals surface area contributed by atoms with Crippen LogP contribution in [0.25, 0.3) is 5.69 Å². The Balaban J connectivity index is 1.73. The number of hydrogen-bond acceptors (Lipinski definition) is 3. The molecule has 1 N–H and O–H groups in total. The first kappa shape index (κ1) is 20.3. The summed E-state index contributed by atoms with van der Waals surface area (Å²) in [4.78, 5) is 26.7. The van der Waals surface area contributed by atoms with Crippen LogP contribution in [0.15, 0.2) is 54.7 Å². The quantitative estimate of drug-likeness (QED) is 0.697. The van der Waals surface area contributed by atoms with Crippen molar-refractivity contribution in [2.24, 2.45) is 0 Å². The molecule has 0 aliphatic carbocycles. The second kappa shape index (κ2) is 8.73. The Morgan fingerprint density at radius 1 is 1.00 bits per heavy atom. The van der Waals surface area contributed by atoms with Gasteiger partial charge < -0.3 is 10.2 Å². The summed E-state index contributed by atoms with van der Waals surface area (Å²) >= 11 is 0. The van der Waals surface area contributed by atoms with E-state index in [4.69, 9.17) is 0 Å². The van der Waals surface area contributed by atoms with Crippen molar-refractivity contribution in [3.05, 3.63) is 77.1 Å². The fraction of sp³-hybridized carbons (Fsp3) is 0.261. The van der Waals surface area contributed by atoms with E-state index >= 15 is 0 Å². The lowest BCUT2D eigenvalue weighted by atomic mass is 10.1. The van der Waals surface area contributed by atoms with Gasteiger partial charge in [-0.2, -0.15) is 5.10 Å². The van der Waals surface area contributed by atoms with Crippen LogP contribution in [0.3, 0.4) is 0 Å². The summed E-state index contributed by atoms with van der Waals surface area (Å²) in [6.45, 7) is 5.97. The van der Waals surface area contributed by atoms with E-state index in [-0.39, 0.29) is 18.4 Å². The largest absolute Gasteiger partial charge is 0.332 e. The predicted molar refractivity (Wildman–Crippen MR) is 114 cm³/mol. The Hall–Kier alpha value is -3.41. The van der Waals surface area contributed by atoms with E-state index in [0.29, 0.717) is 17.7 Å². The number of hydrogen-bond donors (Lipinski definition) is 1. The fourth-order valence-electron chi connectivity index (χ4n) is 3.13. The second-order valence-corrected chi connectivity index (χ2v) is 7.18. The average molecular weight is 390 g/mol. The molecular weight excluding hydrogens is 364 g/mol. The van der Waals surface area contributed by atoms with E-state index in [1.54, 1.807) is 17.9 Å². The number of nitrogens with zero attached hydrogens (tertiary/aromatic N) is 3. The summed E-state index contributed by atoms with van der Waals surface area (Å²) in [5, 5.41) is 7.23. The first-order chi connectivity index (χ1) is 13.9. The lowest BCUT2D eigenvalue weighted by Gasteiger charge is -2.17. The summed E-state index contributed by atoms with van der Waals surface area (Å²) in [7, 11) is 1.62. The van der Waals surface area contributed by atoms with Crippen LogP contribution in [0, 0.1) is 13.8 Å². The number of aromatic nitrogens is 2. The highest BCUT2D eigenvalue weighted by Gasteiger charge is 2.21. The maximum Gasteiger partial charge on any atom is 0.257 e. The molecule has 29 heavy (non-hydrogen) atoms. The topological polar surface area (TPSA) is 67.2 Å². The maximum absolute atomic E-state index is 12.9. The molecule has 2 amide bonds. The van der Waals surface area contributed by atoms with Crippen molar-refractivity contribution in [2.45, 2.75) is 27.2 Å². The Morgan fingerprint density at radius 3 is 2.17 bits per heavy atom. The van der Waals surface area contributed by atoms with Crippen LogP contribution in [0.2, 0.25) is 0 Å². The summed E-state index contributed by atoms with van der Waals surface area (Å²) < 4.78 is 1.78. The lowest BCUT2D eigenvalue weighted by Crippen LogP contribution is -2.35. The molecule has 0 saturated heterocycles. The van der Waals surface area contributed by atoms with E-state index in [1.165, 1.54) is 4.90 Å². The van der Waals surface area contributed by atoms with Crippen molar-refractivity contribution in [1.29, 1.82) is 0 Å². The number of nitrogens with one attached hydrogen (secondary N) is 1. The molecule has 6 heteroatoms. The Labute approximate surface area is 171 Å². The van der Waals surface area contributed by atoms with Crippen LogP contribution >= 0.6 is 0 Å². The van der Waals surface area contributed by atoms with Crippen LogP contribution in [-0.4, -0.2) is 40.1 Å². The van der Waals surface area contributed by atoms with Crippen molar-refractivity contribution < 1.29 is 9.59 Å². The maximum atomic E-state index is 12.9. The van der Waals surface area contributed by atoms with Crippen LogP contribution in [0.5, 0.6) is 0 Å². The van der Waals surface area contributed by atoms with Crippen molar-refractivity contribution in [1.82, 2.24) is 14.7 Å². The van der Waals surface area contributed by atoms with Gasteiger partial charge in [0.1, 0.15) is 0 Å². The first-order valence-electron chi connectivity index (χ1n) is 9.65. The summed E-state index contributed by atoms with van der Waals surface area (Å²) in [5.74, 6) is -0.465. The zero-order valence-electron chi connectivity index (χ0n) is 17.3. The molecular formula is C23H26N4O2. The predicted octanol–water partition coefficient (Wildman–Crippen LogP) is 3.76. The molecule has 150 valence electrons. The van der Waals surface area contributed by atoms with Gasteiger partial charge in [-0.05, 0) is 44.5 Å². The molecule has 0 bridgehead atoms. The van der Waals surface area contributed by atoms with E-state index in [2.05, 4.69) is 10.4 Å². The Bertz CT molecular complexity index is 1000. The van der Waals surface area contributed by atoms with Gasteiger partial charge in [-0.1, -0.05) is 42.3 Å². The Kier molecular flexibility index (Phi) is 6.12. The van der Waals surface area contributed by atoms with E-state index in [0.717, 1.165) is 22.5 Å². The van der Waals surface area contributed by atoms with Gasteiger partial charge in [0.05, 0.1) is 29.7 Å². The highest BCUT2D eigenvalue weighted by molar-refractivity contribution is 5.99. The van der Waals surface area contributed by atoms with Gasteiger partial charge in [0, 0.05) is 12.7 Å². The molecule has 2 aromatic carbocycles. The third-order valence-electron chi connectivity index (χ3n) is 4.78. The Morgan fingerprint density at radius 2 is 1.59 bits per heavy atom. The molecule has 0 fully saturated rings. The van der Waals surface area contributed by atoms with Gasteiger partial charge in [0.15, 0.2) is 0 Å². The van der Waals surface area contributed by atoms with Gasteiger partial charge in [-0.25, -0.2) is 4.68 Å². The van der Waals surface area contributed by atoms with E-state index < -0.39 is 0 Å². The van der Waals surface area contributed by atoms with Crippen molar-refractivity contribution >= 4 is 17.5 Å². The van der Waals surface area contributed by atoms with Gasteiger partial charge >= 0.3 is 0 Å². The normalized spacial score (nSPS) is 10.6. The molecule has 0 spiro atoms. The van der Waals surface area contributed by atoms with Gasteiger partial charge in [-0.15, -0.1) is 0 Å². The number of rotatable bonds is 6. The third-order valence-corrected chi connectivity index (χ3v) is 4.78. The zero-order valence-corrected chi connectivity index (χ0v) is 17.3. The molecule has 0 radical (unpaired) electrons. The number of amides is 2. The van der Waals surface area contributed by atoms with Crippen molar-refractivity contribution in [3.63, 3.8) is 0 Å². The highest BCUT2D eigenvalue weighted by atomic mass is 16.2. The first-order valence-corrected chi connectivity index (χ1v) is 9.65. The SMILES string of the molecule is CCc1c(C(=O)N(C)CC(=O)Nc2ccc(C)cc2)cnn1-c1ccc(C)cc1. The van der Waals surface area contributed by atoms with Crippen LogP contribution in [-0.2, 0) is 11.2 Å². The van der Waals surface area contributed by atoms with Crippen LogP contribution in [0.4, 0.5) is 5.69 Å². The third kappa shape index (κ3) is 4.71. The van der Waals surface area contributed by atoms with Gasteiger partial charge in [0.25, 0.3) is 5.91 Å². The molecule has 1 heterocycles. The number of carbonyl (C=O) groups excluding carboxylic acids is 2. The minimum atomic E-state index is -0.242. The van der Waals surface area contributed by atoms with Crippen molar-refractivity contribution in [3.8, 4) is 5.69 Å². The average Bonchev–Trinajstić information content (AvgIpc) is 3.13. The number of carbonyl (C=O) groups is 2. The molecule has 6 nitrogen and oxygen atoms in total. The molecule has 3 aromatic rings. The lowest BCUT2D eigenvalue weighted by molar-refractivity contribution is -0.116. The molecule has 0 saturated carbocycles. The number of benzene rings is 2. The molecule has 3 rings (SSSR count). The summed E-state index contributed by atoms with van der Waals surface area (Å²) in [5.41, 5.74) is 5.24. The fourth-order valence-corrected chi connectivity index (χ4v) is 3.13. The smallest absolute Gasteiger partial charge is 0.257 e. The van der Waals surface area contributed by atoms with Crippen LogP contribution < -0.4 is 5.32 Å². The highest BCUT2D eigenvalue weighted by Crippen LogP contribution is 2.18. The number of aryl methyl sites for hydroxylation is 2. The molecule has 1 aromatic heterocycles. The molecule has 0 aliphatic rings. The van der Waals surface area contributed by atoms with E-state index in [9.17, 15) is 9.59 Å². The summed E-state index contributed by atoms with van der Waals surface area (Å²) in [6, 6.07) is 15.5. The summed E-state index contributed by atoms with van der Waals surface area (Å²) in [6.07, 6.45) is 2.23. The van der Waals surface area contributed by atoms with E-state index in [1.807, 2.05) is 69.3 Å². The minimum absolute atomic E-state index is 0.0361. The van der Waals surface area contributed by atoms with Gasteiger partial charge in [0.2, 0.25) is 5.91 Å². The standard InChI is InChI=1S/C23H26N4O2/c1-5-21-20(14-24-27(21)19-12-8-17(3)9-13-19)23(29)26(4)15-22(28)25-18-10-6-16(2)7-11-18/h6-14H,5,15H2,1-4H3,(H,25,28). The molecule has 0 unspecified atom stereocenters. The minimum Gasteiger partial charge on any atom is -0.332 e. The zero-order chi connectivity index (χ0) is 21.0. The van der Waals surface area contributed by atoms with Crippen LogP contribution in [0.1, 0.15) is 34.1 Å². The monoisotopic (exact) mass is 390 g/mol. The molecule has 0 atom stereocenters. The van der Waals surface area contributed by atoms with Gasteiger partial charge in [-0.3, -0.25) is 9.59 Å². The molecule has 0 aliphatic heterocycles. The number of likely N-dealkylation sites (N-methyl/N-ethyl adjacent to an activating group) is 1. The second-order valence-electron chi connectivity index (χ2n) is 7.18. The van der Waals surface area contributed by atoms with Crippen molar-refractivity contribution in [2.75, 3.05) is 18.9 Å². The number of anilines is 1.